The molecule has 1 rings (SSSR count). The second-order valence-corrected chi connectivity index (χ2v) is 3.72. The van der Waals surface area contributed by atoms with Crippen LogP contribution in [0.25, 0.3) is 0 Å². The van der Waals surface area contributed by atoms with Crippen LogP contribution in [0.1, 0.15) is 0 Å². The molecule has 8 heteroatoms. The third kappa shape index (κ3) is 2.89. The van der Waals surface area contributed by atoms with Crippen molar-refractivity contribution in [2.45, 2.75) is 0 Å². The second-order valence-electron chi connectivity index (χ2n) is 2.57. The molecule has 0 bridgehead atoms. The van der Waals surface area contributed by atoms with E-state index in [2.05, 4.69) is 14.1 Å². The average molecular weight is 235 g/mol. The number of methoxy groups -OCH3 is 1. The number of aromatic hydroxyl groups is 2. The van der Waals surface area contributed by atoms with Gasteiger partial charge in [0.05, 0.1) is 7.11 Å². The van der Waals surface area contributed by atoms with Crippen molar-refractivity contribution in [3.63, 3.8) is 0 Å². The molecule has 7 nitrogen and oxygen atoms in total. The van der Waals surface area contributed by atoms with Crippen LogP contribution < -0.4 is 14.1 Å². The lowest BCUT2D eigenvalue weighted by molar-refractivity contribution is 0.348. The molecule has 0 saturated heterocycles. The summed E-state index contributed by atoms with van der Waals surface area (Å²) in [6.45, 7) is 0. The Kier molecular flexibility index (Phi) is 2.91. The highest BCUT2D eigenvalue weighted by Crippen LogP contribution is 2.39. The summed E-state index contributed by atoms with van der Waals surface area (Å²) in [5, 5.41) is 23.0. The minimum absolute atomic E-state index is 0.131. The lowest BCUT2D eigenvalue weighted by atomic mass is 10.3. The number of ether oxygens (including phenoxy) is 1. The van der Waals surface area contributed by atoms with Gasteiger partial charge in [0, 0.05) is 12.1 Å². The van der Waals surface area contributed by atoms with Crippen molar-refractivity contribution < 1.29 is 27.6 Å². The zero-order valence-electron chi connectivity index (χ0n) is 7.67. The molecule has 0 aromatic heterocycles. The molecule has 0 amide bonds. The molecule has 1 aromatic rings. The van der Waals surface area contributed by atoms with Crippen molar-refractivity contribution >= 4 is 10.3 Å². The smallest absolute Gasteiger partial charge is 0.380 e. The third-order valence-corrected chi connectivity index (χ3v) is 1.89. The fourth-order valence-corrected chi connectivity index (χ4v) is 1.27. The first-order chi connectivity index (χ1) is 6.83. The zero-order chi connectivity index (χ0) is 11.6. The molecule has 0 spiro atoms. The van der Waals surface area contributed by atoms with Crippen molar-refractivity contribution in [3.8, 4) is 23.0 Å². The van der Waals surface area contributed by atoms with E-state index < -0.39 is 21.8 Å². The molecule has 0 radical (unpaired) electrons. The fourth-order valence-electron chi connectivity index (χ4n) is 0.906. The summed E-state index contributed by atoms with van der Waals surface area (Å²) >= 11 is 0. The van der Waals surface area contributed by atoms with Gasteiger partial charge in [-0.05, 0) is 0 Å². The topological polar surface area (TPSA) is 119 Å². The molecule has 0 unspecified atom stereocenters. The fraction of sp³-hybridized carbons (Fsp3) is 0.143. The van der Waals surface area contributed by atoms with Gasteiger partial charge < -0.3 is 19.1 Å². The minimum atomic E-state index is -4.18. The van der Waals surface area contributed by atoms with Gasteiger partial charge in [0.15, 0.2) is 17.2 Å². The Morgan fingerprint density at radius 3 is 2.40 bits per heavy atom. The molecule has 1 aromatic carbocycles. The van der Waals surface area contributed by atoms with E-state index in [1.807, 2.05) is 0 Å². The molecule has 0 aliphatic carbocycles. The van der Waals surface area contributed by atoms with Crippen molar-refractivity contribution in [3.05, 3.63) is 12.1 Å². The van der Waals surface area contributed by atoms with Crippen LogP contribution in [0.4, 0.5) is 0 Å². The van der Waals surface area contributed by atoms with E-state index in [9.17, 15) is 13.5 Å². The molecule has 0 aliphatic rings. The highest BCUT2D eigenvalue weighted by Gasteiger charge is 2.13. The lowest BCUT2D eigenvalue weighted by Gasteiger charge is -2.08. The number of benzene rings is 1. The Morgan fingerprint density at radius 2 is 1.93 bits per heavy atom. The van der Waals surface area contributed by atoms with Gasteiger partial charge in [-0.1, -0.05) is 0 Å². The monoisotopic (exact) mass is 235 g/mol. The number of rotatable bonds is 3. The quantitative estimate of drug-likeness (QED) is 0.618. The summed E-state index contributed by atoms with van der Waals surface area (Å²) in [5.41, 5.74) is 0. The predicted molar refractivity (Wildman–Crippen MR) is 50.1 cm³/mol. The van der Waals surface area contributed by atoms with E-state index in [0.717, 1.165) is 12.1 Å². The summed E-state index contributed by atoms with van der Waals surface area (Å²) in [7, 11) is -2.95. The third-order valence-electron chi connectivity index (χ3n) is 1.46. The Bertz CT molecular complexity index is 469. The maximum atomic E-state index is 10.6. The zero-order valence-corrected chi connectivity index (χ0v) is 8.48. The largest absolute Gasteiger partial charge is 0.504 e. The van der Waals surface area contributed by atoms with Gasteiger partial charge in [-0.2, -0.15) is 13.6 Å². The lowest BCUT2D eigenvalue weighted by Crippen LogP contribution is -2.18. The molecule has 0 saturated carbocycles. The van der Waals surface area contributed by atoms with Gasteiger partial charge in [0.25, 0.3) is 0 Å². The second kappa shape index (κ2) is 3.83. The van der Waals surface area contributed by atoms with E-state index in [4.69, 9.17) is 5.11 Å². The summed E-state index contributed by atoms with van der Waals surface area (Å²) in [6.07, 6.45) is 0. The summed E-state index contributed by atoms with van der Waals surface area (Å²) in [5.74, 6) is -1.48. The first-order valence-corrected chi connectivity index (χ1v) is 5.13. The van der Waals surface area contributed by atoms with Gasteiger partial charge in [0.2, 0.25) is 5.75 Å². The first kappa shape index (κ1) is 11.4. The standard InChI is InChI=1S/C7H9NO6S/c1-13-6-3-4(14-15(8,11)12)2-5(9)7(6)10/h2-3,9-10H,1H3,(H2,8,11,12). The van der Waals surface area contributed by atoms with Crippen LogP contribution in [0.2, 0.25) is 0 Å². The molecule has 0 heterocycles. The van der Waals surface area contributed by atoms with Crippen molar-refractivity contribution in [1.82, 2.24) is 0 Å². The van der Waals surface area contributed by atoms with Crippen LogP contribution in [0.3, 0.4) is 0 Å². The van der Waals surface area contributed by atoms with Gasteiger partial charge in [-0.25, -0.2) is 0 Å². The predicted octanol–water partition coefficient (Wildman–Crippen LogP) is -0.311. The number of phenolic OH excluding ortho intramolecular Hbond substituents is 2. The van der Waals surface area contributed by atoms with Crippen molar-refractivity contribution in [1.29, 1.82) is 0 Å². The van der Waals surface area contributed by atoms with E-state index in [1.54, 1.807) is 0 Å². The molecule has 84 valence electrons. The molecule has 4 N–H and O–H groups in total. The van der Waals surface area contributed by atoms with E-state index in [-0.39, 0.29) is 11.5 Å². The molecule has 0 aliphatic heterocycles. The van der Waals surface area contributed by atoms with Crippen LogP contribution in [0, 0.1) is 0 Å². The van der Waals surface area contributed by atoms with E-state index in [1.165, 1.54) is 7.11 Å². The van der Waals surface area contributed by atoms with Crippen molar-refractivity contribution in [2.75, 3.05) is 7.11 Å². The van der Waals surface area contributed by atoms with Crippen LogP contribution >= 0.6 is 0 Å². The Hall–Kier alpha value is -1.67. The normalized spacial score (nSPS) is 11.1. The number of nitrogens with two attached hydrogens (primary N) is 1. The summed E-state index contributed by atoms with van der Waals surface area (Å²) in [6, 6.07) is 1.96. The molecule has 0 fully saturated rings. The van der Waals surface area contributed by atoms with Gasteiger partial charge in [0.1, 0.15) is 0 Å². The van der Waals surface area contributed by atoms with Gasteiger partial charge in [-0.15, -0.1) is 0 Å². The van der Waals surface area contributed by atoms with Gasteiger partial charge in [-0.3, -0.25) is 0 Å². The van der Waals surface area contributed by atoms with Gasteiger partial charge >= 0.3 is 10.3 Å². The number of phenols is 2. The molecule has 15 heavy (non-hydrogen) atoms. The molecular weight excluding hydrogens is 226 g/mol. The highest BCUT2D eigenvalue weighted by molar-refractivity contribution is 7.84. The maximum absolute atomic E-state index is 10.6. The minimum Gasteiger partial charge on any atom is -0.504 e. The van der Waals surface area contributed by atoms with Crippen LogP contribution in [0.15, 0.2) is 12.1 Å². The summed E-state index contributed by atoms with van der Waals surface area (Å²) in [4.78, 5) is 0. The molecule has 0 atom stereocenters. The molecular formula is C7H9NO6S. The van der Waals surface area contributed by atoms with Crippen molar-refractivity contribution in [2.24, 2.45) is 5.14 Å². The SMILES string of the molecule is COc1cc(OS(N)(=O)=O)cc(O)c1O. The van der Waals surface area contributed by atoms with Crippen LogP contribution in [-0.2, 0) is 10.3 Å². The number of hydrogen-bond donors (Lipinski definition) is 3. The van der Waals surface area contributed by atoms with E-state index in [0.29, 0.717) is 0 Å². The van der Waals surface area contributed by atoms with E-state index >= 15 is 0 Å². The van der Waals surface area contributed by atoms with Crippen LogP contribution in [0.5, 0.6) is 23.0 Å². The average Bonchev–Trinajstić information content (AvgIpc) is 2.08. The first-order valence-electron chi connectivity index (χ1n) is 3.65. The Morgan fingerprint density at radius 1 is 1.33 bits per heavy atom. The Labute approximate surface area is 85.9 Å². The van der Waals surface area contributed by atoms with Crippen LogP contribution in [-0.4, -0.2) is 25.7 Å². The Balaban J connectivity index is 3.17. The summed E-state index contributed by atoms with van der Waals surface area (Å²) < 4.78 is 30.1. The maximum Gasteiger partial charge on any atom is 0.380 e. The number of hydrogen-bond acceptors (Lipinski definition) is 6. The highest BCUT2D eigenvalue weighted by atomic mass is 32.2.